The number of nitrogens with one attached hydrogen (secondary N) is 1. The molecule has 1 fully saturated rings. The van der Waals surface area contributed by atoms with Crippen LogP contribution in [0.2, 0.25) is 0 Å². The van der Waals surface area contributed by atoms with Gasteiger partial charge in [-0.15, -0.1) is 0 Å². The second-order valence-electron chi connectivity index (χ2n) is 6.19. The van der Waals surface area contributed by atoms with Crippen molar-refractivity contribution in [2.45, 2.75) is 45.1 Å². The SMILES string of the molecule is COC(=O)C1=C(C)NC(c2ccccn2)=NC1C1CCCCC1. The Hall–Kier alpha value is -2.17. The van der Waals surface area contributed by atoms with Gasteiger partial charge in [0.15, 0.2) is 5.84 Å². The Morgan fingerprint density at radius 2 is 2.04 bits per heavy atom. The van der Waals surface area contributed by atoms with Crippen LogP contribution in [0.1, 0.15) is 44.7 Å². The Morgan fingerprint density at radius 1 is 1.26 bits per heavy atom. The minimum absolute atomic E-state index is 0.138. The first-order valence-corrected chi connectivity index (χ1v) is 8.26. The van der Waals surface area contributed by atoms with Crippen molar-refractivity contribution in [3.8, 4) is 0 Å². The predicted molar refractivity (Wildman–Crippen MR) is 89.0 cm³/mol. The number of carbonyl (C=O) groups excluding carboxylic acids is 1. The molecule has 3 rings (SSSR count). The predicted octanol–water partition coefficient (Wildman–Crippen LogP) is 2.83. The summed E-state index contributed by atoms with van der Waals surface area (Å²) >= 11 is 0. The van der Waals surface area contributed by atoms with Gasteiger partial charge in [0.25, 0.3) is 0 Å². The molecule has 1 unspecified atom stereocenters. The summed E-state index contributed by atoms with van der Waals surface area (Å²) < 4.78 is 5.00. The highest BCUT2D eigenvalue weighted by Crippen LogP contribution is 2.34. The monoisotopic (exact) mass is 313 g/mol. The van der Waals surface area contributed by atoms with E-state index in [-0.39, 0.29) is 12.0 Å². The van der Waals surface area contributed by atoms with Gasteiger partial charge in [0.2, 0.25) is 0 Å². The first-order valence-electron chi connectivity index (χ1n) is 8.26. The quantitative estimate of drug-likeness (QED) is 0.872. The highest BCUT2D eigenvalue weighted by atomic mass is 16.5. The largest absolute Gasteiger partial charge is 0.466 e. The van der Waals surface area contributed by atoms with Crippen molar-refractivity contribution < 1.29 is 9.53 Å². The summed E-state index contributed by atoms with van der Waals surface area (Å²) in [6.45, 7) is 1.92. The van der Waals surface area contributed by atoms with E-state index < -0.39 is 0 Å². The molecule has 1 saturated carbocycles. The summed E-state index contributed by atoms with van der Waals surface area (Å²) in [6, 6.07) is 5.62. The average Bonchev–Trinajstić information content (AvgIpc) is 2.62. The fourth-order valence-corrected chi connectivity index (χ4v) is 3.51. The molecule has 1 aliphatic carbocycles. The van der Waals surface area contributed by atoms with Crippen LogP contribution in [-0.4, -0.2) is 29.9 Å². The Bertz CT molecular complexity index is 631. The second kappa shape index (κ2) is 6.94. The van der Waals surface area contributed by atoms with Crippen LogP contribution in [0.3, 0.4) is 0 Å². The van der Waals surface area contributed by atoms with Crippen LogP contribution in [-0.2, 0) is 9.53 Å². The lowest BCUT2D eigenvalue weighted by molar-refractivity contribution is -0.136. The number of rotatable bonds is 3. The maximum Gasteiger partial charge on any atom is 0.337 e. The molecule has 122 valence electrons. The summed E-state index contributed by atoms with van der Waals surface area (Å²) in [7, 11) is 1.43. The van der Waals surface area contributed by atoms with Gasteiger partial charge in [0, 0.05) is 11.9 Å². The molecule has 0 aromatic carbocycles. The number of hydrogen-bond donors (Lipinski definition) is 1. The van der Waals surface area contributed by atoms with Crippen molar-refractivity contribution >= 4 is 11.8 Å². The molecule has 0 saturated heterocycles. The van der Waals surface area contributed by atoms with Gasteiger partial charge in [-0.2, -0.15) is 0 Å². The third-order valence-corrected chi connectivity index (χ3v) is 4.68. The number of aliphatic imine (C=N–C) groups is 1. The Balaban J connectivity index is 1.97. The van der Waals surface area contributed by atoms with Crippen molar-refractivity contribution in [2.75, 3.05) is 7.11 Å². The summed E-state index contributed by atoms with van der Waals surface area (Å²) in [4.78, 5) is 21.5. The van der Waals surface area contributed by atoms with Crippen LogP contribution in [0.25, 0.3) is 0 Å². The molecule has 1 N–H and O–H groups in total. The summed E-state index contributed by atoms with van der Waals surface area (Å²) in [5.41, 5.74) is 2.29. The molecule has 0 radical (unpaired) electrons. The van der Waals surface area contributed by atoms with E-state index in [1.54, 1.807) is 6.20 Å². The van der Waals surface area contributed by atoms with Gasteiger partial charge < -0.3 is 10.1 Å². The minimum Gasteiger partial charge on any atom is -0.466 e. The number of aromatic nitrogens is 1. The third kappa shape index (κ3) is 3.28. The van der Waals surface area contributed by atoms with Crippen LogP contribution < -0.4 is 5.32 Å². The van der Waals surface area contributed by atoms with E-state index in [2.05, 4.69) is 10.3 Å². The molecule has 0 amide bonds. The Morgan fingerprint density at radius 3 is 2.70 bits per heavy atom. The molecule has 0 bridgehead atoms. The number of carbonyl (C=O) groups is 1. The van der Waals surface area contributed by atoms with Crippen LogP contribution in [0.4, 0.5) is 0 Å². The highest BCUT2D eigenvalue weighted by molar-refractivity contribution is 6.02. The molecule has 1 aliphatic heterocycles. The number of ether oxygens (including phenoxy) is 1. The van der Waals surface area contributed by atoms with Crippen molar-refractivity contribution in [2.24, 2.45) is 10.9 Å². The number of allylic oxidation sites excluding steroid dienone is 1. The smallest absolute Gasteiger partial charge is 0.337 e. The van der Waals surface area contributed by atoms with Gasteiger partial charge in [-0.25, -0.2) is 4.79 Å². The number of hydrogen-bond acceptors (Lipinski definition) is 5. The summed E-state index contributed by atoms with van der Waals surface area (Å²) in [5, 5.41) is 3.23. The fraction of sp³-hybridized carbons (Fsp3) is 0.500. The van der Waals surface area contributed by atoms with Crippen LogP contribution in [0.5, 0.6) is 0 Å². The van der Waals surface area contributed by atoms with E-state index in [4.69, 9.17) is 9.73 Å². The van der Waals surface area contributed by atoms with Crippen LogP contribution in [0.15, 0.2) is 40.7 Å². The maximum absolute atomic E-state index is 12.3. The Kier molecular flexibility index (Phi) is 4.74. The first kappa shape index (κ1) is 15.7. The van der Waals surface area contributed by atoms with Crippen molar-refractivity contribution in [3.63, 3.8) is 0 Å². The maximum atomic E-state index is 12.3. The third-order valence-electron chi connectivity index (χ3n) is 4.68. The molecule has 1 atom stereocenters. The molecule has 1 aromatic heterocycles. The van der Waals surface area contributed by atoms with Gasteiger partial charge >= 0.3 is 5.97 Å². The molecule has 5 heteroatoms. The van der Waals surface area contributed by atoms with Gasteiger partial charge in [0.05, 0.1) is 18.7 Å². The zero-order valence-corrected chi connectivity index (χ0v) is 13.7. The second-order valence-corrected chi connectivity index (χ2v) is 6.19. The van der Waals surface area contributed by atoms with Crippen LogP contribution in [0, 0.1) is 5.92 Å². The standard InChI is InChI=1S/C18H23N3O2/c1-12-15(18(22)23-2)16(13-8-4-3-5-9-13)21-17(20-12)14-10-6-7-11-19-14/h6-7,10-11,13,16H,3-5,8-9H2,1-2H3,(H,20,21). The van der Waals surface area contributed by atoms with Crippen molar-refractivity contribution in [1.82, 2.24) is 10.3 Å². The van der Waals surface area contributed by atoms with Gasteiger partial charge in [-0.1, -0.05) is 25.3 Å². The van der Waals surface area contributed by atoms with Crippen LogP contribution >= 0.6 is 0 Å². The van der Waals surface area contributed by atoms with Gasteiger partial charge in [-0.3, -0.25) is 9.98 Å². The molecule has 0 spiro atoms. The number of amidine groups is 1. The lowest BCUT2D eigenvalue weighted by Gasteiger charge is -2.33. The van der Waals surface area contributed by atoms with E-state index in [9.17, 15) is 4.79 Å². The zero-order chi connectivity index (χ0) is 16.2. The Labute approximate surface area is 136 Å². The molecule has 1 aromatic rings. The minimum atomic E-state index is -0.283. The number of pyridine rings is 1. The van der Waals surface area contributed by atoms with Crippen molar-refractivity contribution in [3.05, 3.63) is 41.4 Å². The molecular weight excluding hydrogens is 290 g/mol. The van der Waals surface area contributed by atoms with Crippen molar-refractivity contribution in [1.29, 1.82) is 0 Å². The zero-order valence-electron chi connectivity index (χ0n) is 13.7. The highest BCUT2D eigenvalue weighted by Gasteiger charge is 2.35. The number of nitrogens with zero attached hydrogens (tertiary/aromatic N) is 2. The topological polar surface area (TPSA) is 63.6 Å². The average molecular weight is 313 g/mol. The van der Waals surface area contributed by atoms with E-state index >= 15 is 0 Å². The molecular formula is C18H23N3O2. The van der Waals surface area contributed by atoms with E-state index in [0.717, 1.165) is 30.1 Å². The van der Waals surface area contributed by atoms with E-state index in [1.807, 2.05) is 25.1 Å². The lowest BCUT2D eigenvalue weighted by Crippen LogP contribution is -2.39. The van der Waals surface area contributed by atoms with Gasteiger partial charge in [0.1, 0.15) is 5.69 Å². The van der Waals surface area contributed by atoms with Gasteiger partial charge in [-0.05, 0) is 37.8 Å². The normalized spacial score (nSPS) is 22.3. The molecule has 5 nitrogen and oxygen atoms in total. The van der Waals surface area contributed by atoms with E-state index in [0.29, 0.717) is 11.5 Å². The summed E-state index contributed by atoms with van der Waals surface area (Å²) in [5.74, 6) is 0.856. The number of esters is 1. The summed E-state index contributed by atoms with van der Waals surface area (Å²) in [6.07, 6.45) is 7.65. The van der Waals surface area contributed by atoms with E-state index in [1.165, 1.54) is 26.4 Å². The molecule has 2 aliphatic rings. The lowest BCUT2D eigenvalue weighted by atomic mass is 9.80. The number of methoxy groups -OCH3 is 1. The molecule has 23 heavy (non-hydrogen) atoms. The fourth-order valence-electron chi connectivity index (χ4n) is 3.51. The first-order chi connectivity index (χ1) is 11.2. The molecule has 2 heterocycles.